The number of carbonyl (C=O) groups is 2. The van der Waals surface area contributed by atoms with Gasteiger partial charge in [0.15, 0.2) is 0 Å². The molecule has 0 spiro atoms. The van der Waals surface area contributed by atoms with E-state index in [0.717, 1.165) is 19.4 Å². The van der Waals surface area contributed by atoms with Gasteiger partial charge in [0.05, 0.1) is 12.0 Å². The molecule has 3 rings (SSSR count). The summed E-state index contributed by atoms with van der Waals surface area (Å²) in [5.74, 6) is -0.919. The van der Waals surface area contributed by atoms with Crippen LogP contribution < -0.4 is 5.32 Å². The predicted molar refractivity (Wildman–Crippen MR) is 81.9 cm³/mol. The van der Waals surface area contributed by atoms with E-state index >= 15 is 0 Å². The Morgan fingerprint density at radius 3 is 2.96 bits per heavy atom. The topological polar surface area (TPSA) is 58.6 Å². The first-order chi connectivity index (χ1) is 11.1. The number of rotatable bonds is 5. The molecular weight excluding hydrogens is 299 g/mol. The number of carbonyl (C=O) groups excluding carboxylic acids is 2. The zero-order valence-corrected chi connectivity index (χ0v) is 13.0. The van der Waals surface area contributed by atoms with E-state index in [1.165, 1.54) is 6.07 Å². The quantitative estimate of drug-likeness (QED) is 0.894. The molecular formula is C17H21FN2O3. The molecule has 23 heavy (non-hydrogen) atoms. The summed E-state index contributed by atoms with van der Waals surface area (Å²) in [4.78, 5) is 25.8. The second-order valence-corrected chi connectivity index (χ2v) is 6.15. The van der Waals surface area contributed by atoms with Crippen LogP contribution in [0.2, 0.25) is 0 Å². The lowest BCUT2D eigenvalue weighted by Crippen LogP contribution is -2.37. The van der Waals surface area contributed by atoms with Gasteiger partial charge in [-0.15, -0.1) is 0 Å². The summed E-state index contributed by atoms with van der Waals surface area (Å²) in [6.07, 6.45) is 2.26. The highest BCUT2D eigenvalue weighted by atomic mass is 19.1. The normalized spacial score (nSPS) is 24.2. The molecule has 124 valence electrons. The van der Waals surface area contributed by atoms with Crippen LogP contribution in [0.4, 0.5) is 4.39 Å². The first-order valence-electron chi connectivity index (χ1n) is 8.04. The second-order valence-electron chi connectivity index (χ2n) is 6.15. The van der Waals surface area contributed by atoms with Crippen LogP contribution in [-0.2, 0) is 20.9 Å². The van der Waals surface area contributed by atoms with Crippen molar-refractivity contribution < 1.29 is 18.7 Å². The number of benzene rings is 1. The van der Waals surface area contributed by atoms with E-state index in [-0.39, 0.29) is 42.6 Å². The molecule has 1 aromatic carbocycles. The Hall–Kier alpha value is -1.95. The molecule has 5 nitrogen and oxygen atoms in total. The molecule has 2 saturated heterocycles. The van der Waals surface area contributed by atoms with Gasteiger partial charge < -0.3 is 15.0 Å². The maximum absolute atomic E-state index is 13.7. The molecule has 1 N–H and O–H groups in total. The lowest BCUT2D eigenvalue weighted by Gasteiger charge is -2.17. The van der Waals surface area contributed by atoms with Crippen molar-refractivity contribution in [1.82, 2.24) is 10.2 Å². The number of likely N-dealkylation sites (tertiary alicyclic amines) is 1. The zero-order chi connectivity index (χ0) is 16.2. The van der Waals surface area contributed by atoms with Gasteiger partial charge >= 0.3 is 0 Å². The van der Waals surface area contributed by atoms with Gasteiger partial charge in [-0.2, -0.15) is 0 Å². The molecule has 2 aliphatic rings. The van der Waals surface area contributed by atoms with Crippen molar-refractivity contribution in [3.8, 4) is 0 Å². The minimum absolute atomic E-state index is 0.0885. The lowest BCUT2D eigenvalue weighted by molar-refractivity contribution is -0.129. The Balaban J connectivity index is 1.52. The molecule has 2 atom stereocenters. The fourth-order valence-corrected chi connectivity index (χ4v) is 3.10. The number of nitrogens with one attached hydrogen (secondary N) is 1. The number of nitrogens with zero attached hydrogens (tertiary/aromatic N) is 1. The third-order valence-electron chi connectivity index (χ3n) is 4.43. The monoisotopic (exact) mass is 320 g/mol. The third-order valence-corrected chi connectivity index (χ3v) is 4.43. The number of amides is 2. The summed E-state index contributed by atoms with van der Waals surface area (Å²) in [5, 5.41) is 2.87. The Morgan fingerprint density at radius 2 is 2.22 bits per heavy atom. The molecule has 0 aromatic heterocycles. The minimum atomic E-state index is -0.365. The summed E-state index contributed by atoms with van der Waals surface area (Å²) in [5.41, 5.74) is 0.473. The van der Waals surface area contributed by atoms with Crippen LogP contribution in [0.5, 0.6) is 0 Å². The maximum atomic E-state index is 13.7. The van der Waals surface area contributed by atoms with E-state index in [1.54, 1.807) is 23.1 Å². The molecule has 2 amide bonds. The maximum Gasteiger partial charge on any atom is 0.225 e. The van der Waals surface area contributed by atoms with Gasteiger partial charge in [0.25, 0.3) is 0 Å². The van der Waals surface area contributed by atoms with Crippen LogP contribution in [0.1, 0.15) is 24.8 Å². The van der Waals surface area contributed by atoms with Crippen LogP contribution in [0.25, 0.3) is 0 Å². The largest absolute Gasteiger partial charge is 0.376 e. The van der Waals surface area contributed by atoms with Crippen LogP contribution >= 0.6 is 0 Å². The minimum Gasteiger partial charge on any atom is -0.376 e. The van der Waals surface area contributed by atoms with Gasteiger partial charge in [-0.1, -0.05) is 18.2 Å². The summed E-state index contributed by atoms with van der Waals surface area (Å²) in [6, 6.07) is 6.39. The molecule has 0 bridgehead atoms. The highest BCUT2D eigenvalue weighted by Gasteiger charge is 2.34. The summed E-state index contributed by atoms with van der Waals surface area (Å²) in [7, 11) is 0. The predicted octanol–water partition coefficient (Wildman–Crippen LogP) is 1.47. The van der Waals surface area contributed by atoms with E-state index < -0.39 is 0 Å². The summed E-state index contributed by atoms with van der Waals surface area (Å²) in [6.45, 7) is 1.79. The number of halogens is 1. The van der Waals surface area contributed by atoms with Crippen molar-refractivity contribution in [2.75, 3.05) is 19.7 Å². The number of ether oxygens (including phenoxy) is 1. The van der Waals surface area contributed by atoms with E-state index in [9.17, 15) is 14.0 Å². The third kappa shape index (κ3) is 3.88. The molecule has 2 fully saturated rings. The van der Waals surface area contributed by atoms with Crippen molar-refractivity contribution in [3.63, 3.8) is 0 Å². The summed E-state index contributed by atoms with van der Waals surface area (Å²) >= 11 is 0. The fourth-order valence-electron chi connectivity index (χ4n) is 3.10. The molecule has 6 heteroatoms. The van der Waals surface area contributed by atoms with Crippen molar-refractivity contribution >= 4 is 11.8 Å². The van der Waals surface area contributed by atoms with Crippen molar-refractivity contribution in [3.05, 3.63) is 35.6 Å². The van der Waals surface area contributed by atoms with Gasteiger partial charge in [0.1, 0.15) is 5.82 Å². The Morgan fingerprint density at radius 1 is 1.39 bits per heavy atom. The molecule has 0 radical (unpaired) electrons. The van der Waals surface area contributed by atoms with Gasteiger partial charge in [-0.05, 0) is 18.9 Å². The van der Waals surface area contributed by atoms with Gasteiger partial charge in [-0.25, -0.2) is 4.39 Å². The first-order valence-corrected chi connectivity index (χ1v) is 8.04. The molecule has 0 aliphatic carbocycles. The van der Waals surface area contributed by atoms with Crippen LogP contribution in [0.3, 0.4) is 0 Å². The second kappa shape index (κ2) is 7.08. The Bertz CT molecular complexity index is 587. The van der Waals surface area contributed by atoms with E-state index in [1.807, 2.05) is 0 Å². The molecule has 2 heterocycles. The Kier molecular flexibility index (Phi) is 4.91. The number of hydrogen-bond donors (Lipinski definition) is 1. The van der Waals surface area contributed by atoms with E-state index in [4.69, 9.17) is 4.74 Å². The highest BCUT2D eigenvalue weighted by molar-refractivity contribution is 5.89. The fraction of sp³-hybridized carbons (Fsp3) is 0.529. The van der Waals surface area contributed by atoms with Gasteiger partial charge in [0.2, 0.25) is 11.8 Å². The molecule has 0 saturated carbocycles. The zero-order valence-electron chi connectivity index (χ0n) is 13.0. The standard InChI is InChI=1S/C17H21FN2O3/c18-15-6-2-1-4-12(15)10-20-11-13(8-16(20)21)17(22)19-9-14-5-3-7-23-14/h1-2,4,6,13-14H,3,5,7-11H2,(H,19,22). The average molecular weight is 320 g/mol. The van der Waals surface area contributed by atoms with Crippen LogP contribution in [-0.4, -0.2) is 42.5 Å². The van der Waals surface area contributed by atoms with E-state index in [0.29, 0.717) is 18.7 Å². The lowest BCUT2D eigenvalue weighted by atomic mass is 10.1. The smallest absolute Gasteiger partial charge is 0.225 e. The molecule has 2 unspecified atom stereocenters. The van der Waals surface area contributed by atoms with Gasteiger partial charge in [0, 0.05) is 38.2 Å². The molecule has 2 aliphatic heterocycles. The SMILES string of the molecule is O=C(NCC1CCCO1)C1CC(=O)N(Cc2ccccc2F)C1. The van der Waals surface area contributed by atoms with Crippen molar-refractivity contribution in [1.29, 1.82) is 0 Å². The van der Waals surface area contributed by atoms with Crippen LogP contribution in [0.15, 0.2) is 24.3 Å². The van der Waals surface area contributed by atoms with Crippen molar-refractivity contribution in [2.45, 2.75) is 31.9 Å². The number of hydrogen-bond acceptors (Lipinski definition) is 3. The van der Waals surface area contributed by atoms with Crippen LogP contribution in [0, 0.1) is 11.7 Å². The van der Waals surface area contributed by atoms with Crippen molar-refractivity contribution in [2.24, 2.45) is 5.92 Å². The highest BCUT2D eigenvalue weighted by Crippen LogP contribution is 2.21. The molecule has 1 aromatic rings. The summed E-state index contributed by atoms with van der Waals surface area (Å²) < 4.78 is 19.2. The van der Waals surface area contributed by atoms with Gasteiger partial charge in [-0.3, -0.25) is 9.59 Å². The first kappa shape index (κ1) is 15.9. The Labute approximate surface area is 134 Å². The van der Waals surface area contributed by atoms with E-state index in [2.05, 4.69) is 5.32 Å². The average Bonchev–Trinajstić information content (AvgIpc) is 3.18.